The second kappa shape index (κ2) is 9.32. The van der Waals surface area contributed by atoms with Gasteiger partial charge < -0.3 is 15.4 Å². The first kappa shape index (κ1) is 19.8. The lowest BCUT2D eigenvalue weighted by Crippen LogP contribution is -2.11. The Bertz CT molecular complexity index is 1070. The Morgan fingerprint density at radius 1 is 0.613 bits per heavy atom. The number of carbonyl (C=O) groups is 2. The smallest absolute Gasteiger partial charge is 0.257 e. The Morgan fingerprint density at radius 3 is 1.39 bits per heavy atom. The third kappa shape index (κ3) is 5.30. The molecule has 0 bridgehead atoms. The molecule has 0 unspecified atom stereocenters. The fraction of sp³-hybridized carbons (Fsp3) is 0. The number of amides is 2. The zero-order valence-corrected chi connectivity index (χ0v) is 16.4. The van der Waals surface area contributed by atoms with Crippen LogP contribution in [-0.4, -0.2) is 21.8 Å². The number of hydrogen-bond acceptors (Lipinski definition) is 5. The summed E-state index contributed by atoms with van der Waals surface area (Å²) in [6.07, 6.45) is 6.25. The Hall–Kier alpha value is -4.52. The molecule has 31 heavy (non-hydrogen) atoms. The van der Waals surface area contributed by atoms with Crippen LogP contribution in [0.1, 0.15) is 20.7 Å². The molecule has 7 nitrogen and oxygen atoms in total. The number of rotatable bonds is 6. The molecule has 0 fully saturated rings. The Morgan fingerprint density at radius 2 is 1.03 bits per heavy atom. The van der Waals surface area contributed by atoms with Gasteiger partial charge in [0.15, 0.2) is 0 Å². The second-order valence-electron chi connectivity index (χ2n) is 6.54. The average Bonchev–Trinajstić information content (AvgIpc) is 2.82. The number of ether oxygens (including phenoxy) is 1. The fourth-order valence-electron chi connectivity index (χ4n) is 2.75. The minimum absolute atomic E-state index is 0.231. The summed E-state index contributed by atoms with van der Waals surface area (Å²) in [4.78, 5) is 32.2. The van der Waals surface area contributed by atoms with Crippen molar-refractivity contribution in [3.05, 3.63) is 109 Å². The molecule has 2 aromatic heterocycles. The Labute approximate surface area is 178 Å². The summed E-state index contributed by atoms with van der Waals surface area (Å²) in [5.41, 5.74) is 2.27. The average molecular weight is 410 g/mol. The third-order valence-electron chi connectivity index (χ3n) is 4.31. The Kier molecular flexibility index (Phi) is 5.95. The van der Waals surface area contributed by atoms with Crippen molar-refractivity contribution in [3.8, 4) is 11.5 Å². The summed E-state index contributed by atoms with van der Waals surface area (Å²) in [5, 5.41) is 5.62. The van der Waals surface area contributed by atoms with Gasteiger partial charge in [0.25, 0.3) is 11.8 Å². The standard InChI is InChI=1S/C24H18N4O3/c29-23(17-3-1-13-25-15-17)27-19-5-9-21(10-6-19)31-22-11-7-20(8-12-22)28-24(30)18-4-2-14-26-16-18/h1-16H,(H,27,29)(H,28,30). The highest BCUT2D eigenvalue weighted by Crippen LogP contribution is 2.24. The molecule has 2 heterocycles. The quantitative estimate of drug-likeness (QED) is 0.477. The van der Waals surface area contributed by atoms with Crippen LogP contribution in [0.4, 0.5) is 11.4 Å². The molecule has 4 aromatic rings. The van der Waals surface area contributed by atoms with Crippen molar-refractivity contribution in [2.45, 2.75) is 0 Å². The number of aromatic nitrogens is 2. The van der Waals surface area contributed by atoms with Gasteiger partial charge in [0, 0.05) is 36.2 Å². The van der Waals surface area contributed by atoms with E-state index in [2.05, 4.69) is 20.6 Å². The van der Waals surface area contributed by atoms with Crippen molar-refractivity contribution in [1.29, 1.82) is 0 Å². The van der Waals surface area contributed by atoms with Crippen LogP contribution in [0.25, 0.3) is 0 Å². The predicted octanol–water partition coefficient (Wildman–Crippen LogP) is 4.77. The summed E-state index contributed by atoms with van der Waals surface area (Å²) in [7, 11) is 0. The highest BCUT2D eigenvalue weighted by molar-refractivity contribution is 6.04. The van der Waals surface area contributed by atoms with Crippen molar-refractivity contribution in [2.75, 3.05) is 10.6 Å². The van der Waals surface area contributed by atoms with Gasteiger partial charge in [-0.15, -0.1) is 0 Å². The van der Waals surface area contributed by atoms with Gasteiger partial charge in [0.2, 0.25) is 0 Å². The molecule has 2 aromatic carbocycles. The number of anilines is 2. The fourth-order valence-corrected chi connectivity index (χ4v) is 2.75. The maximum atomic E-state index is 12.2. The molecule has 0 spiro atoms. The summed E-state index contributed by atoms with van der Waals surface area (Å²) in [5.74, 6) is 0.773. The summed E-state index contributed by atoms with van der Waals surface area (Å²) in [6.45, 7) is 0. The van der Waals surface area contributed by atoms with E-state index in [0.29, 0.717) is 34.0 Å². The van der Waals surface area contributed by atoms with Gasteiger partial charge in [0.1, 0.15) is 11.5 Å². The Balaban J connectivity index is 1.34. The molecule has 4 rings (SSSR count). The first-order chi connectivity index (χ1) is 15.2. The van der Waals surface area contributed by atoms with E-state index in [1.165, 1.54) is 12.4 Å². The molecule has 0 aliphatic rings. The van der Waals surface area contributed by atoms with E-state index in [0.717, 1.165) is 0 Å². The van der Waals surface area contributed by atoms with Gasteiger partial charge in [-0.05, 0) is 72.8 Å². The SMILES string of the molecule is O=C(Nc1ccc(Oc2ccc(NC(=O)c3cccnc3)cc2)cc1)c1cccnc1. The molecule has 0 aliphatic carbocycles. The highest BCUT2D eigenvalue weighted by atomic mass is 16.5. The van der Waals surface area contributed by atoms with Crippen LogP contribution in [0.2, 0.25) is 0 Å². The summed E-state index contributed by atoms with van der Waals surface area (Å²) in [6, 6.07) is 20.9. The zero-order chi connectivity index (χ0) is 21.5. The maximum Gasteiger partial charge on any atom is 0.257 e. The van der Waals surface area contributed by atoms with Gasteiger partial charge in [0.05, 0.1) is 11.1 Å². The van der Waals surface area contributed by atoms with Crippen LogP contribution < -0.4 is 15.4 Å². The van der Waals surface area contributed by atoms with Crippen LogP contribution in [0.5, 0.6) is 11.5 Å². The number of pyridine rings is 2. The second-order valence-corrected chi connectivity index (χ2v) is 6.54. The molecule has 152 valence electrons. The topological polar surface area (TPSA) is 93.2 Å². The molecular formula is C24H18N4O3. The van der Waals surface area contributed by atoms with E-state index < -0.39 is 0 Å². The van der Waals surface area contributed by atoms with E-state index in [4.69, 9.17) is 4.74 Å². The number of benzene rings is 2. The molecule has 2 N–H and O–H groups in total. The van der Waals surface area contributed by atoms with Crippen molar-refractivity contribution >= 4 is 23.2 Å². The molecule has 0 saturated heterocycles. The number of nitrogens with zero attached hydrogens (tertiary/aromatic N) is 2. The highest BCUT2D eigenvalue weighted by Gasteiger charge is 2.07. The molecule has 0 saturated carbocycles. The van der Waals surface area contributed by atoms with E-state index >= 15 is 0 Å². The molecule has 7 heteroatoms. The molecule has 0 radical (unpaired) electrons. The van der Waals surface area contributed by atoms with Gasteiger partial charge in [-0.2, -0.15) is 0 Å². The number of nitrogens with one attached hydrogen (secondary N) is 2. The van der Waals surface area contributed by atoms with Crippen molar-refractivity contribution in [3.63, 3.8) is 0 Å². The van der Waals surface area contributed by atoms with Crippen LogP contribution >= 0.6 is 0 Å². The summed E-state index contributed by atoms with van der Waals surface area (Å²) >= 11 is 0. The lowest BCUT2D eigenvalue weighted by Gasteiger charge is -2.09. The summed E-state index contributed by atoms with van der Waals surface area (Å²) < 4.78 is 5.82. The molecule has 2 amide bonds. The minimum atomic E-state index is -0.231. The van der Waals surface area contributed by atoms with Gasteiger partial charge in [-0.25, -0.2) is 0 Å². The third-order valence-corrected chi connectivity index (χ3v) is 4.31. The van der Waals surface area contributed by atoms with Crippen LogP contribution in [-0.2, 0) is 0 Å². The zero-order valence-electron chi connectivity index (χ0n) is 16.4. The first-order valence-electron chi connectivity index (χ1n) is 9.48. The number of hydrogen-bond donors (Lipinski definition) is 2. The van der Waals surface area contributed by atoms with Gasteiger partial charge in [-0.1, -0.05) is 0 Å². The predicted molar refractivity (Wildman–Crippen MR) is 117 cm³/mol. The number of carbonyl (C=O) groups excluding carboxylic acids is 2. The lowest BCUT2D eigenvalue weighted by atomic mass is 10.2. The van der Waals surface area contributed by atoms with Gasteiger partial charge >= 0.3 is 0 Å². The minimum Gasteiger partial charge on any atom is -0.457 e. The largest absolute Gasteiger partial charge is 0.457 e. The van der Waals surface area contributed by atoms with Gasteiger partial charge in [-0.3, -0.25) is 19.6 Å². The molecular weight excluding hydrogens is 392 g/mol. The lowest BCUT2D eigenvalue weighted by molar-refractivity contribution is 0.101. The van der Waals surface area contributed by atoms with Crippen LogP contribution in [0.15, 0.2) is 97.6 Å². The van der Waals surface area contributed by atoms with Crippen molar-refractivity contribution in [2.24, 2.45) is 0 Å². The normalized spacial score (nSPS) is 10.2. The van der Waals surface area contributed by atoms with Crippen molar-refractivity contribution < 1.29 is 14.3 Å². The van der Waals surface area contributed by atoms with E-state index in [9.17, 15) is 9.59 Å². The van der Waals surface area contributed by atoms with E-state index in [1.807, 2.05) is 0 Å². The molecule has 0 atom stereocenters. The monoisotopic (exact) mass is 410 g/mol. The van der Waals surface area contributed by atoms with Crippen LogP contribution in [0, 0.1) is 0 Å². The van der Waals surface area contributed by atoms with Crippen LogP contribution in [0.3, 0.4) is 0 Å². The van der Waals surface area contributed by atoms with Crippen molar-refractivity contribution in [1.82, 2.24) is 9.97 Å². The van der Waals surface area contributed by atoms with E-state index in [1.54, 1.807) is 85.2 Å². The first-order valence-corrected chi connectivity index (χ1v) is 9.48. The molecule has 0 aliphatic heterocycles. The van der Waals surface area contributed by atoms with E-state index in [-0.39, 0.29) is 11.8 Å². The maximum absolute atomic E-state index is 12.2.